The van der Waals surface area contributed by atoms with E-state index in [9.17, 15) is 9.59 Å². The normalized spacial score (nSPS) is 14.6. The average Bonchev–Trinajstić information content (AvgIpc) is 3.33. The number of benzene rings is 2. The molecule has 0 radical (unpaired) electrons. The number of hydrogen-bond acceptors (Lipinski definition) is 6. The van der Waals surface area contributed by atoms with Crippen LogP contribution < -0.4 is 5.32 Å². The number of carbonyl (C=O) groups excluding carboxylic acids is 2. The number of aromatic amines is 1. The SMILES string of the molecule is O=C(COC(=O)c1ccc2nc(-c3cccnc3)[nH]c2c1)NC1CCN(Cc2ccccc2)CC1. The minimum atomic E-state index is -0.544. The number of esters is 1. The molecular formula is C27H27N5O3. The molecule has 0 aliphatic carbocycles. The number of piperidine rings is 1. The van der Waals surface area contributed by atoms with Gasteiger partial charge in [0, 0.05) is 43.6 Å². The molecule has 35 heavy (non-hydrogen) atoms. The average molecular weight is 470 g/mol. The predicted octanol–water partition coefficient (Wildman–Crippen LogP) is 3.56. The lowest BCUT2D eigenvalue weighted by Gasteiger charge is -2.32. The number of imidazole rings is 1. The van der Waals surface area contributed by atoms with Crippen molar-refractivity contribution in [2.75, 3.05) is 19.7 Å². The van der Waals surface area contributed by atoms with Crippen molar-refractivity contribution < 1.29 is 14.3 Å². The van der Waals surface area contributed by atoms with Crippen molar-refractivity contribution in [2.45, 2.75) is 25.4 Å². The highest BCUT2D eigenvalue weighted by Crippen LogP contribution is 2.21. The lowest BCUT2D eigenvalue weighted by Crippen LogP contribution is -2.45. The van der Waals surface area contributed by atoms with Crippen molar-refractivity contribution in [3.8, 4) is 11.4 Å². The number of likely N-dealkylation sites (tertiary alicyclic amines) is 1. The number of H-pyrrole nitrogens is 1. The van der Waals surface area contributed by atoms with E-state index in [1.807, 2.05) is 18.2 Å². The summed E-state index contributed by atoms with van der Waals surface area (Å²) in [5.74, 6) is -0.147. The van der Waals surface area contributed by atoms with Gasteiger partial charge < -0.3 is 15.0 Å². The molecule has 2 N–H and O–H groups in total. The fraction of sp³-hybridized carbons (Fsp3) is 0.259. The van der Waals surface area contributed by atoms with Crippen LogP contribution in [-0.4, -0.2) is 57.5 Å². The summed E-state index contributed by atoms with van der Waals surface area (Å²) in [6, 6.07) is 19.3. The Hall–Kier alpha value is -4.04. The van der Waals surface area contributed by atoms with Crippen molar-refractivity contribution in [1.29, 1.82) is 0 Å². The molecule has 2 aromatic heterocycles. The molecule has 0 saturated carbocycles. The van der Waals surface area contributed by atoms with Crippen LogP contribution in [0.3, 0.4) is 0 Å². The van der Waals surface area contributed by atoms with Gasteiger partial charge in [0.25, 0.3) is 5.91 Å². The van der Waals surface area contributed by atoms with Gasteiger partial charge >= 0.3 is 5.97 Å². The van der Waals surface area contributed by atoms with Gasteiger partial charge in [0.1, 0.15) is 5.82 Å². The number of carbonyl (C=O) groups is 2. The molecule has 3 heterocycles. The maximum atomic E-state index is 12.5. The maximum absolute atomic E-state index is 12.5. The molecule has 1 saturated heterocycles. The second-order valence-electron chi connectivity index (χ2n) is 8.74. The fourth-order valence-corrected chi connectivity index (χ4v) is 4.34. The van der Waals surface area contributed by atoms with Crippen LogP contribution in [0.2, 0.25) is 0 Å². The largest absolute Gasteiger partial charge is 0.452 e. The van der Waals surface area contributed by atoms with Gasteiger partial charge in [-0.15, -0.1) is 0 Å². The van der Waals surface area contributed by atoms with Gasteiger partial charge in [0.2, 0.25) is 0 Å². The number of amides is 1. The highest BCUT2D eigenvalue weighted by molar-refractivity contribution is 5.95. The zero-order valence-corrected chi connectivity index (χ0v) is 19.3. The van der Waals surface area contributed by atoms with Gasteiger partial charge in [0.15, 0.2) is 6.61 Å². The first kappa shape index (κ1) is 22.7. The van der Waals surface area contributed by atoms with Crippen molar-refractivity contribution in [3.63, 3.8) is 0 Å². The molecule has 0 unspecified atom stereocenters. The maximum Gasteiger partial charge on any atom is 0.338 e. The molecule has 2 aromatic carbocycles. The number of pyridine rings is 1. The number of rotatable bonds is 7. The Bertz CT molecular complexity index is 1300. The van der Waals surface area contributed by atoms with E-state index in [1.54, 1.807) is 30.6 Å². The lowest BCUT2D eigenvalue weighted by atomic mass is 10.0. The second kappa shape index (κ2) is 10.5. The van der Waals surface area contributed by atoms with Crippen LogP contribution in [0, 0.1) is 0 Å². The van der Waals surface area contributed by atoms with Crippen molar-refractivity contribution in [2.24, 2.45) is 0 Å². The summed E-state index contributed by atoms with van der Waals surface area (Å²) >= 11 is 0. The zero-order chi connectivity index (χ0) is 24.0. The summed E-state index contributed by atoms with van der Waals surface area (Å²) < 4.78 is 5.27. The second-order valence-corrected chi connectivity index (χ2v) is 8.74. The van der Waals surface area contributed by atoms with Gasteiger partial charge in [0.05, 0.1) is 16.6 Å². The third-order valence-electron chi connectivity index (χ3n) is 6.19. The summed E-state index contributed by atoms with van der Waals surface area (Å²) in [5.41, 5.74) is 3.96. The van der Waals surface area contributed by atoms with Crippen molar-refractivity contribution in [1.82, 2.24) is 25.2 Å². The van der Waals surface area contributed by atoms with Crippen LogP contribution in [0.5, 0.6) is 0 Å². The van der Waals surface area contributed by atoms with Gasteiger partial charge in [-0.2, -0.15) is 0 Å². The van der Waals surface area contributed by atoms with Gasteiger partial charge in [-0.05, 0) is 48.7 Å². The van der Waals surface area contributed by atoms with Crippen LogP contribution >= 0.6 is 0 Å². The summed E-state index contributed by atoms with van der Waals surface area (Å²) in [6.45, 7) is 2.46. The molecule has 178 valence electrons. The molecule has 0 bridgehead atoms. The van der Waals surface area contributed by atoms with Crippen molar-refractivity contribution in [3.05, 3.63) is 84.2 Å². The lowest BCUT2D eigenvalue weighted by molar-refractivity contribution is -0.125. The number of aromatic nitrogens is 3. The Morgan fingerprint density at radius 3 is 2.66 bits per heavy atom. The van der Waals surface area contributed by atoms with E-state index < -0.39 is 5.97 Å². The first-order chi connectivity index (χ1) is 17.1. The first-order valence-electron chi connectivity index (χ1n) is 11.8. The highest BCUT2D eigenvalue weighted by Gasteiger charge is 2.21. The third kappa shape index (κ3) is 5.73. The Balaban J connectivity index is 1.10. The standard InChI is InChI=1S/C27H27N5O3/c33-25(29-22-10-13-32(14-11-22)17-19-5-2-1-3-6-19)18-35-27(34)20-8-9-23-24(15-20)31-26(30-23)21-7-4-12-28-16-21/h1-9,12,15-16,22H,10-11,13-14,17-18H2,(H,29,33)(H,30,31). The van der Waals surface area contributed by atoms with Gasteiger partial charge in [-0.3, -0.25) is 14.7 Å². The van der Waals surface area contributed by atoms with Crippen LogP contribution in [0.15, 0.2) is 73.1 Å². The number of hydrogen-bond donors (Lipinski definition) is 2. The molecule has 0 spiro atoms. The van der Waals surface area contributed by atoms with Crippen LogP contribution in [0.4, 0.5) is 0 Å². The van der Waals surface area contributed by atoms with Gasteiger partial charge in [-0.25, -0.2) is 9.78 Å². The van der Waals surface area contributed by atoms with Gasteiger partial charge in [-0.1, -0.05) is 30.3 Å². The summed E-state index contributed by atoms with van der Waals surface area (Å²) in [4.78, 5) is 39.1. The van der Waals surface area contributed by atoms with E-state index in [0.717, 1.165) is 43.6 Å². The molecular weight excluding hydrogens is 442 g/mol. The Morgan fingerprint density at radius 1 is 1.06 bits per heavy atom. The quantitative estimate of drug-likeness (QED) is 0.402. The molecule has 1 aliphatic heterocycles. The van der Waals surface area contributed by atoms with Crippen molar-refractivity contribution >= 4 is 22.9 Å². The fourth-order valence-electron chi connectivity index (χ4n) is 4.34. The number of ether oxygens (including phenoxy) is 1. The van der Waals surface area contributed by atoms with E-state index >= 15 is 0 Å². The molecule has 1 aliphatic rings. The Kier molecular flexibility index (Phi) is 6.81. The van der Waals surface area contributed by atoms with E-state index in [1.165, 1.54) is 5.56 Å². The van der Waals surface area contributed by atoms with E-state index in [2.05, 4.69) is 49.4 Å². The minimum absolute atomic E-state index is 0.0977. The smallest absolute Gasteiger partial charge is 0.338 e. The van der Waals surface area contributed by atoms with E-state index in [-0.39, 0.29) is 18.6 Å². The summed E-state index contributed by atoms with van der Waals surface area (Å²) in [5, 5.41) is 3.00. The highest BCUT2D eigenvalue weighted by atomic mass is 16.5. The van der Waals surface area contributed by atoms with Crippen LogP contribution in [-0.2, 0) is 16.1 Å². The zero-order valence-electron chi connectivity index (χ0n) is 19.3. The number of nitrogens with one attached hydrogen (secondary N) is 2. The molecule has 8 nitrogen and oxygen atoms in total. The predicted molar refractivity (Wildman–Crippen MR) is 132 cm³/mol. The molecule has 1 fully saturated rings. The Morgan fingerprint density at radius 2 is 1.89 bits per heavy atom. The number of nitrogens with zero attached hydrogens (tertiary/aromatic N) is 3. The molecule has 4 aromatic rings. The van der Waals surface area contributed by atoms with Crippen LogP contribution in [0.25, 0.3) is 22.4 Å². The summed E-state index contributed by atoms with van der Waals surface area (Å²) in [7, 11) is 0. The minimum Gasteiger partial charge on any atom is -0.452 e. The van der Waals surface area contributed by atoms with Crippen LogP contribution in [0.1, 0.15) is 28.8 Å². The third-order valence-corrected chi connectivity index (χ3v) is 6.19. The molecule has 5 rings (SSSR count). The molecule has 8 heteroatoms. The first-order valence-corrected chi connectivity index (χ1v) is 11.8. The molecule has 1 amide bonds. The van der Waals surface area contributed by atoms with E-state index in [0.29, 0.717) is 16.9 Å². The summed E-state index contributed by atoms with van der Waals surface area (Å²) in [6.07, 6.45) is 5.18. The monoisotopic (exact) mass is 469 g/mol. The van der Waals surface area contributed by atoms with E-state index in [4.69, 9.17) is 4.74 Å². The topological polar surface area (TPSA) is 100 Å². The number of fused-ring (bicyclic) bond motifs is 1. The molecule has 0 atom stereocenters. The Labute approximate surface area is 203 Å².